The van der Waals surface area contributed by atoms with Gasteiger partial charge in [0.1, 0.15) is 11.9 Å². The zero-order chi connectivity index (χ0) is 17.1. The van der Waals surface area contributed by atoms with E-state index in [1.165, 1.54) is 0 Å². The summed E-state index contributed by atoms with van der Waals surface area (Å²) in [4.78, 5) is 16.6. The summed E-state index contributed by atoms with van der Waals surface area (Å²) >= 11 is 3.41. The van der Waals surface area contributed by atoms with E-state index in [1.807, 2.05) is 49.5 Å². The van der Waals surface area contributed by atoms with E-state index in [0.717, 1.165) is 29.0 Å². The Labute approximate surface area is 151 Å². The summed E-state index contributed by atoms with van der Waals surface area (Å²) in [6.07, 6.45) is -0.0408. The first kappa shape index (κ1) is 16.8. The molecule has 0 unspecified atom stereocenters. The van der Waals surface area contributed by atoms with Gasteiger partial charge in [-0.05, 0) is 37.3 Å². The van der Waals surface area contributed by atoms with Gasteiger partial charge in [-0.1, -0.05) is 34.1 Å². The van der Waals surface area contributed by atoms with Gasteiger partial charge >= 0.3 is 0 Å². The second kappa shape index (κ2) is 7.26. The fraction of sp³-hybridized carbons (Fsp3) is 0.316. The van der Waals surface area contributed by atoms with Crippen molar-refractivity contribution in [2.24, 2.45) is 0 Å². The highest BCUT2D eigenvalue weighted by Crippen LogP contribution is 2.32. The standard InChI is InChI=1S/C19H21BrN2O2/c1-3-22-13-16(24-18-10-5-4-9-17(18)22)12-21(2)19(23)14-7-6-8-15(20)11-14/h4-11,16H,3,12-13H2,1-2H3/t16-/m0/s1. The van der Waals surface area contributed by atoms with Crippen LogP contribution in [0, 0.1) is 0 Å². The number of nitrogens with zero attached hydrogens (tertiary/aromatic N) is 2. The molecule has 5 heteroatoms. The van der Waals surface area contributed by atoms with E-state index < -0.39 is 0 Å². The van der Waals surface area contributed by atoms with Gasteiger partial charge in [0.2, 0.25) is 0 Å². The lowest BCUT2D eigenvalue weighted by molar-refractivity contribution is 0.0709. The molecule has 1 aliphatic heterocycles. The molecule has 2 aromatic carbocycles. The Morgan fingerprint density at radius 3 is 2.83 bits per heavy atom. The van der Waals surface area contributed by atoms with Crippen LogP contribution in [0.5, 0.6) is 5.75 Å². The van der Waals surface area contributed by atoms with Crippen molar-refractivity contribution in [3.63, 3.8) is 0 Å². The van der Waals surface area contributed by atoms with Crippen molar-refractivity contribution < 1.29 is 9.53 Å². The minimum absolute atomic E-state index is 0.00167. The first-order valence-corrected chi connectivity index (χ1v) is 8.89. The molecule has 0 N–H and O–H groups in total. The molecule has 0 radical (unpaired) electrons. The molecule has 0 bridgehead atoms. The highest BCUT2D eigenvalue weighted by molar-refractivity contribution is 9.10. The number of amides is 1. The molecular weight excluding hydrogens is 368 g/mol. The number of carbonyl (C=O) groups is 1. The number of rotatable bonds is 4. The number of benzene rings is 2. The van der Waals surface area contributed by atoms with Gasteiger partial charge in [0.25, 0.3) is 5.91 Å². The van der Waals surface area contributed by atoms with Crippen molar-refractivity contribution >= 4 is 27.5 Å². The molecule has 2 aromatic rings. The van der Waals surface area contributed by atoms with Crippen LogP contribution in [0.3, 0.4) is 0 Å². The van der Waals surface area contributed by atoms with E-state index in [1.54, 1.807) is 4.90 Å². The second-order valence-corrected chi connectivity index (χ2v) is 6.86. The quantitative estimate of drug-likeness (QED) is 0.798. The molecule has 0 spiro atoms. The number of para-hydroxylation sites is 2. The minimum Gasteiger partial charge on any atom is -0.485 e. The van der Waals surface area contributed by atoms with Crippen LogP contribution in [-0.4, -0.2) is 43.6 Å². The fourth-order valence-electron chi connectivity index (χ4n) is 3.00. The van der Waals surface area contributed by atoms with Gasteiger partial charge in [-0.25, -0.2) is 0 Å². The molecule has 0 saturated heterocycles. The van der Waals surface area contributed by atoms with E-state index in [-0.39, 0.29) is 12.0 Å². The van der Waals surface area contributed by atoms with E-state index >= 15 is 0 Å². The summed E-state index contributed by atoms with van der Waals surface area (Å²) in [5, 5.41) is 0. The van der Waals surface area contributed by atoms with Crippen molar-refractivity contribution in [1.82, 2.24) is 4.90 Å². The first-order chi connectivity index (χ1) is 11.6. The summed E-state index contributed by atoms with van der Waals surface area (Å²) in [5.74, 6) is 0.890. The maximum Gasteiger partial charge on any atom is 0.253 e. The zero-order valence-corrected chi connectivity index (χ0v) is 15.5. The Balaban J connectivity index is 1.71. The highest BCUT2D eigenvalue weighted by Gasteiger charge is 2.26. The third-order valence-corrected chi connectivity index (χ3v) is 4.69. The summed E-state index contributed by atoms with van der Waals surface area (Å²) in [6.45, 7) is 4.38. The number of likely N-dealkylation sites (N-methyl/N-ethyl adjacent to an activating group) is 2. The van der Waals surface area contributed by atoms with Crippen molar-refractivity contribution in [2.75, 3.05) is 31.6 Å². The zero-order valence-electron chi connectivity index (χ0n) is 13.9. The first-order valence-electron chi connectivity index (χ1n) is 8.10. The van der Waals surface area contributed by atoms with E-state index in [9.17, 15) is 4.79 Å². The highest BCUT2D eigenvalue weighted by atomic mass is 79.9. The third kappa shape index (κ3) is 3.56. The van der Waals surface area contributed by atoms with Gasteiger partial charge in [0.05, 0.1) is 18.8 Å². The molecular formula is C19H21BrN2O2. The van der Waals surface area contributed by atoms with Gasteiger partial charge in [-0.2, -0.15) is 0 Å². The van der Waals surface area contributed by atoms with Crippen LogP contribution in [0.15, 0.2) is 53.0 Å². The lowest BCUT2D eigenvalue weighted by Crippen LogP contribution is -2.46. The van der Waals surface area contributed by atoms with E-state index in [2.05, 4.69) is 33.8 Å². The molecule has 0 saturated carbocycles. The van der Waals surface area contributed by atoms with Crippen LogP contribution in [-0.2, 0) is 0 Å². The molecule has 0 fully saturated rings. The van der Waals surface area contributed by atoms with Gasteiger partial charge in [-0.3, -0.25) is 4.79 Å². The molecule has 0 aromatic heterocycles. The van der Waals surface area contributed by atoms with Crippen LogP contribution in [0.2, 0.25) is 0 Å². The lowest BCUT2D eigenvalue weighted by Gasteiger charge is -2.37. The number of halogens is 1. The van der Waals surface area contributed by atoms with Crippen LogP contribution in [0.4, 0.5) is 5.69 Å². The number of fused-ring (bicyclic) bond motifs is 1. The molecule has 1 aliphatic rings. The Hall–Kier alpha value is -2.01. The maximum absolute atomic E-state index is 12.6. The largest absolute Gasteiger partial charge is 0.485 e. The lowest BCUT2D eigenvalue weighted by atomic mass is 10.1. The van der Waals surface area contributed by atoms with Gasteiger partial charge in [0, 0.05) is 23.6 Å². The van der Waals surface area contributed by atoms with Crippen LogP contribution < -0.4 is 9.64 Å². The Bertz CT molecular complexity index is 735. The van der Waals surface area contributed by atoms with Crippen LogP contribution >= 0.6 is 15.9 Å². The maximum atomic E-state index is 12.6. The van der Waals surface area contributed by atoms with Crippen molar-refractivity contribution in [1.29, 1.82) is 0 Å². The minimum atomic E-state index is -0.0408. The fourth-order valence-corrected chi connectivity index (χ4v) is 3.40. The molecule has 126 valence electrons. The van der Waals surface area contributed by atoms with E-state index in [4.69, 9.17) is 4.74 Å². The monoisotopic (exact) mass is 388 g/mol. The van der Waals surface area contributed by atoms with Crippen molar-refractivity contribution in [3.8, 4) is 5.75 Å². The number of hydrogen-bond donors (Lipinski definition) is 0. The third-order valence-electron chi connectivity index (χ3n) is 4.20. The van der Waals surface area contributed by atoms with Crippen LogP contribution in [0.25, 0.3) is 0 Å². The summed E-state index contributed by atoms with van der Waals surface area (Å²) in [7, 11) is 1.82. The molecule has 1 atom stereocenters. The van der Waals surface area contributed by atoms with Crippen molar-refractivity contribution in [3.05, 3.63) is 58.6 Å². The SMILES string of the molecule is CCN1C[C@H](CN(C)C(=O)c2cccc(Br)c2)Oc2ccccc21. The molecule has 4 nitrogen and oxygen atoms in total. The van der Waals surface area contributed by atoms with Gasteiger partial charge in [0.15, 0.2) is 0 Å². The average Bonchev–Trinajstić information content (AvgIpc) is 2.60. The van der Waals surface area contributed by atoms with Gasteiger partial charge in [-0.15, -0.1) is 0 Å². The molecule has 3 rings (SSSR count). The molecule has 1 amide bonds. The second-order valence-electron chi connectivity index (χ2n) is 5.94. The molecule has 0 aliphatic carbocycles. The molecule has 24 heavy (non-hydrogen) atoms. The predicted molar refractivity (Wildman–Crippen MR) is 99.8 cm³/mol. The summed E-state index contributed by atoms with van der Waals surface area (Å²) in [5.41, 5.74) is 1.80. The Morgan fingerprint density at radius 1 is 1.29 bits per heavy atom. The smallest absolute Gasteiger partial charge is 0.253 e. The number of anilines is 1. The predicted octanol–water partition coefficient (Wildman–Crippen LogP) is 3.81. The Morgan fingerprint density at radius 2 is 2.08 bits per heavy atom. The van der Waals surface area contributed by atoms with Crippen LogP contribution in [0.1, 0.15) is 17.3 Å². The number of carbonyl (C=O) groups excluding carboxylic acids is 1. The average molecular weight is 389 g/mol. The Kier molecular flexibility index (Phi) is 5.09. The number of hydrogen-bond acceptors (Lipinski definition) is 3. The normalized spacial score (nSPS) is 16.3. The van der Waals surface area contributed by atoms with E-state index in [0.29, 0.717) is 12.1 Å². The summed E-state index contributed by atoms with van der Waals surface area (Å²) in [6, 6.07) is 15.5. The molecule has 1 heterocycles. The van der Waals surface area contributed by atoms with Crippen molar-refractivity contribution in [2.45, 2.75) is 13.0 Å². The number of ether oxygens (including phenoxy) is 1. The topological polar surface area (TPSA) is 32.8 Å². The van der Waals surface area contributed by atoms with Gasteiger partial charge < -0.3 is 14.5 Å². The summed E-state index contributed by atoms with van der Waals surface area (Å²) < 4.78 is 7.00.